The standard InChI is InChI=1S/C21H18ClN5O2/c1-26-12-15(22)17(25-26)19(28)27-10-8-21(18(27)13-5-4-9-23-11-13)14-6-2-3-7-16(14)24-20(21)29/h2-7,9,11-12,18H,8,10H2,1H3,(H,24,29). The van der Waals surface area contributed by atoms with E-state index in [4.69, 9.17) is 11.6 Å². The Morgan fingerprint density at radius 2 is 2.10 bits per heavy atom. The number of benzene rings is 1. The Kier molecular flexibility index (Phi) is 3.96. The second-order valence-electron chi connectivity index (χ2n) is 7.41. The lowest BCUT2D eigenvalue weighted by atomic mass is 9.73. The maximum atomic E-state index is 13.4. The predicted octanol–water partition coefficient (Wildman–Crippen LogP) is 2.95. The fraction of sp³-hybridized carbons (Fsp3) is 0.238. The predicted molar refractivity (Wildman–Crippen MR) is 108 cm³/mol. The summed E-state index contributed by atoms with van der Waals surface area (Å²) in [5.74, 6) is -0.395. The van der Waals surface area contributed by atoms with Crippen molar-refractivity contribution in [2.45, 2.75) is 17.9 Å². The number of carbonyl (C=O) groups is 2. The van der Waals surface area contributed by atoms with Gasteiger partial charge in [-0.25, -0.2) is 0 Å². The maximum Gasteiger partial charge on any atom is 0.276 e. The number of halogens is 1. The number of carbonyl (C=O) groups excluding carboxylic acids is 2. The number of nitrogens with one attached hydrogen (secondary N) is 1. The van der Waals surface area contributed by atoms with Crippen LogP contribution in [0.5, 0.6) is 0 Å². The van der Waals surface area contributed by atoms with E-state index in [1.807, 2.05) is 36.4 Å². The third kappa shape index (κ3) is 2.50. The summed E-state index contributed by atoms with van der Waals surface area (Å²) >= 11 is 6.25. The highest BCUT2D eigenvalue weighted by Gasteiger charge is 2.59. The molecule has 1 spiro atoms. The molecular weight excluding hydrogens is 390 g/mol. The summed E-state index contributed by atoms with van der Waals surface area (Å²) in [7, 11) is 1.72. The molecule has 2 amide bonds. The number of amides is 2. The molecule has 2 aromatic heterocycles. The Morgan fingerprint density at radius 3 is 2.83 bits per heavy atom. The minimum Gasteiger partial charge on any atom is -0.329 e. The third-order valence-electron chi connectivity index (χ3n) is 5.83. The second-order valence-corrected chi connectivity index (χ2v) is 7.82. The molecule has 3 aromatic rings. The van der Waals surface area contributed by atoms with Gasteiger partial charge in [-0.1, -0.05) is 35.9 Å². The van der Waals surface area contributed by atoms with Crippen molar-refractivity contribution in [2.75, 3.05) is 11.9 Å². The molecule has 1 fully saturated rings. The van der Waals surface area contributed by atoms with Gasteiger partial charge in [0.1, 0.15) is 5.41 Å². The van der Waals surface area contributed by atoms with Crippen LogP contribution in [-0.4, -0.2) is 38.0 Å². The van der Waals surface area contributed by atoms with Crippen molar-refractivity contribution >= 4 is 29.1 Å². The van der Waals surface area contributed by atoms with Crippen LogP contribution < -0.4 is 5.32 Å². The molecule has 1 aromatic carbocycles. The Morgan fingerprint density at radius 1 is 1.28 bits per heavy atom. The number of rotatable bonds is 2. The van der Waals surface area contributed by atoms with E-state index in [2.05, 4.69) is 15.4 Å². The molecule has 0 saturated carbocycles. The van der Waals surface area contributed by atoms with Crippen molar-refractivity contribution < 1.29 is 9.59 Å². The van der Waals surface area contributed by atoms with E-state index < -0.39 is 11.5 Å². The van der Waals surface area contributed by atoms with Crippen molar-refractivity contribution in [3.05, 3.63) is 76.8 Å². The van der Waals surface area contributed by atoms with Gasteiger partial charge in [0.2, 0.25) is 5.91 Å². The summed E-state index contributed by atoms with van der Waals surface area (Å²) in [6, 6.07) is 10.9. The van der Waals surface area contributed by atoms with Crippen LogP contribution in [0.1, 0.15) is 34.1 Å². The fourth-order valence-electron chi connectivity index (χ4n) is 4.65. The molecule has 7 nitrogen and oxygen atoms in total. The zero-order chi connectivity index (χ0) is 20.2. The summed E-state index contributed by atoms with van der Waals surface area (Å²) < 4.78 is 1.51. The lowest BCUT2D eigenvalue weighted by molar-refractivity contribution is -0.121. The Balaban J connectivity index is 1.68. The summed E-state index contributed by atoms with van der Waals surface area (Å²) in [6.45, 7) is 0.410. The number of fused-ring (bicyclic) bond motifs is 2. The molecule has 0 aliphatic carbocycles. The first kappa shape index (κ1) is 17.9. The number of aromatic nitrogens is 3. The molecule has 1 saturated heterocycles. The molecule has 2 unspecified atom stereocenters. The normalized spacial score (nSPS) is 22.8. The van der Waals surface area contributed by atoms with Crippen molar-refractivity contribution in [1.82, 2.24) is 19.7 Å². The molecule has 4 heterocycles. The van der Waals surface area contributed by atoms with Crippen LogP contribution in [0.4, 0.5) is 5.69 Å². The highest BCUT2D eigenvalue weighted by atomic mass is 35.5. The highest BCUT2D eigenvalue weighted by Crippen LogP contribution is 2.54. The van der Waals surface area contributed by atoms with Crippen LogP contribution in [0, 0.1) is 0 Å². The van der Waals surface area contributed by atoms with Crippen LogP contribution in [0.15, 0.2) is 55.0 Å². The lowest BCUT2D eigenvalue weighted by Gasteiger charge is -2.34. The zero-order valence-electron chi connectivity index (χ0n) is 15.7. The van der Waals surface area contributed by atoms with Gasteiger partial charge in [0.05, 0.1) is 11.1 Å². The van der Waals surface area contributed by atoms with E-state index >= 15 is 0 Å². The van der Waals surface area contributed by atoms with E-state index in [1.54, 1.807) is 30.5 Å². The largest absolute Gasteiger partial charge is 0.329 e. The molecule has 146 valence electrons. The molecule has 29 heavy (non-hydrogen) atoms. The Hall–Kier alpha value is -3.19. The minimum atomic E-state index is -0.878. The fourth-order valence-corrected chi connectivity index (χ4v) is 4.91. The number of aryl methyl sites for hydroxylation is 1. The van der Waals surface area contributed by atoms with Gasteiger partial charge in [-0.2, -0.15) is 5.10 Å². The van der Waals surface area contributed by atoms with Crippen molar-refractivity contribution in [1.29, 1.82) is 0 Å². The van der Waals surface area contributed by atoms with Crippen LogP contribution in [-0.2, 0) is 17.3 Å². The summed E-state index contributed by atoms with van der Waals surface area (Å²) in [6.07, 6.45) is 5.49. The first-order chi connectivity index (χ1) is 14.0. The maximum absolute atomic E-state index is 13.4. The minimum absolute atomic E-state index is 0.102. The summed E-state index contributed by atoms with van der Waals surface area (Å²) in [5.41, 5.74) is 1.80. The van der Waals surface area contributed by atoms with E-state index in [0.717, 1.165) is 16.8 Å². The Labute approximate surface area is 172 Å². The SMILES string of the molecule is Cn1cc(Cl)c(C(=O)N2CCC3(C(=O)Nc4ccccc43)C2c2cccnc2)n1. The van der Waals surface area contributed by atoms with Gasteiger partial charge in [0.25, 0.3) is 5.91 Å². The number of para-hydroxylation sites is 1. The summed E-state index contributed by atoms with van der Waals surface area (Å²) in [5, 5.41) is 7.53. The number of nitrogens with zero attached hydrogens (tertiary/aromatic N) is 4. The van der Waals surface area contributed by atoms with E-state index in [0.29, 0.717) is 18.0 Å². The average molecular weight is 408 g/mol. The lowest BCUT2D eigenvalue weighted by Crippen LogP contribution is -2.42. The molecule has 2 aliphatic rings. The van der Waals surface area contributed by atoms with Gasteiger partial charge in [-0.05, 0) is 29.7 Å². The monoisotopic (exact) mass is 407 g/mol. The third-order valence-corrected chi connectivity index (χ3v) is 6.11. The number of pyridine rings is 1. The number of hydrogen-bond acceptors (Lipinski definition) is 4. The molecule has 1 N–H and O–H groups in total. The molecule has 2 atom stereocenters. The molecule has 0 bridgehead atoms. The van der Waals surface area contributed by atoms with Gasteiger partial charge < -0.3 is 10.2 Å². The average Bonchev–Trinajstić information content (AvgIpc) is 3.37. The van der Waals surface area contributed by atoms with Gasteiger partial charge in [0.15, 0.2) is 5.69 Å². The van der Waals surface area contributed by atoms with Crippen LogP contribution in [0.25, 0.3) is 0 Å². The molecular formula is C21H18ClN5O2. The highest BCUT2D eigenvalue weighted by molar-refractivity contribution is 6.33. The van der Waals surface area contributed by atoms with E-state index in [1.165, 1.54) is 4.68 Å². The first-order valence-electron chi connectivity index (χ1n) is 9.33. The Bertz CT molecular complexity index is 1130. The zero-order valence-corrected chi connectivity index (χ0v) is 16.4. The first-order valence-corrected chi connectivity index (χ1v) is 9.71. The number of hydrogen-bond donors (Lipinski definition) is 1. The smallest absolute Gasteiger partial charge is 0.276 e. The van der Waals surface area contributed by atoms with Crippen LogP contribution >= 0.6 is 11.6 Å². The van der Waals surface area contributed by atoms with E-state index in [-0.39, 0.29) is 17.5 Å². The van der Waals surface area contributed by atoms with E-state index in [9.17, 15) is 9.59 Å². The van der Waals surface area contributed by atoms with Crippen LogP contribution in [0.3, 0.4) is 0 Å². The van der Waals surface area contributed by atoms with Gasteiger partial charge >= 0.3 is 0 Å². The van der Waals surface area contributed by atoms with Gasteiger partial charge in [0, 0.05) is 37.9 Å². The number of likely N-dealkylation sites (tertiary alicyclic amines) is 1. The molecule has 8 heteroatoms. The molecule has 2 aliphatic heterocycles. The summed E-state index contributed by atoms with van der Waals surface area (Å²) in [4.78, 5) is 32.7. The molecule has 5 rings (SSSR count). The topological polar surface area (TPSA) is 80.1 Å². The number of anilines is 1. The second kappa shape index (κ2) is 6.42. The van der Waals surface area contributed by atoms with Crippen molar-refractivity contribution in [3.63, 3.8) is 0 Å². The van der Waals surface area contributed by atoms with Crippen LogP contribution in [0.2, 0.25) is 5.02 Å². The van der Waals surface area contributed by atoms with Gasteiger partial charge in [-0.15, -0.1) is 0 Å². The van der Waals surface area contributed by atoms with Gasteiger partial charge in [-0.3, -0.25) is 19.3 Å². The molecule has 0 radical (unpaired) electrons. The van der Waals surface area contributed by atoms with Crippen molar-refractivity contribution in [2.24, 2.45) is 7.05 Å². The quantitative estimate of drug-likeness (QED) is 0.708. The van der Waals surface area contributed by atoms with Crippen molar-refractivity contribution in [3.8, 4) is 0 Å².